The SMILES string of the molecule is COc1ccc(/C=C\C(=O)OC(C)(C)C)c(OCc2ccccc2)c1CC(C)C(C)(C)O. The van der Waals surface area contributed by atoms with E-state index in [1.165, 1.54) is 6.08 Å². The van der Waals surface area contributed by atoms with Crippen LogP contribution in [0.1, 0.15) is 58.2 Å². The van der Waals surface area contributed by atoms with Crippen LogP contribution in [0.3, 0.4) is 0 Å². The van der Waals surface area contributed by atoms with Crippen molar-refractivity contribution in [2.75, 3.05) is 7.11 Å². The van der Waals surface area contributed by atoms with Gasteiger partial charge in [-0.2, -0.15) is 0 Å². The normalized spacial score (nSPS) is 13.1. The van der Waals surface area contributed by atoms with Crippen molar-refractivity contribution in [1.82, 2.24) is 0 Å². The van der Waals surface area contributed by atoms with Gasteiger partial charge in [-0.05, 0) is 70.7 Å². The summed E-state index contributed by atoms with van der Waals surface area (Å²) >= 11 is 0. The molecule has 0 aliphatic carbocycles. The summed E-state index contributed by atoms with van der Waals surface area (Å²) in [5.74, 6) is 0.831. The molecule has 0 aliphatic heterocycles. The number of carbonyl (C=O) groups is 1. The zero-order valence-corrected chi connectivity index (χ0v) is 20.3. The number of ether oxygens (including phenoxy) is 3. The quantitative estimate of drug-likeness (QED) is 0.407. The molecule has 0 bridgehead atoms. The molecule has 2 rings (SSSR count). The van der Waals surface area contributed by atoms with Gasteiger partial charge >= 0.3 is 5.97 Å². The largest absolute Gasteiger partial charge is 0.496 e. The maximum absolute atomic E-state index is 12.2. The van der Waals surface area contributed by atoms with Crippen LogP contribution in [-0.4, -0.2) is 29.4 Å². The number of rotatable bonds is 9. The average molecular weight is 441 g/mol. The minimum Gasteiger partial charge on any atom is -0.496 e. The third kappa shape index (κ3) is 7.72. The van der Waals surface area contributed by atoms with Gasteiger partial charge in [0.1, 0.15) is 23.7 Å². The van der Waals surface area contributed by atoms with Gasteiger partial charge in [0.15, 0.2) is 0 Å². The number of aliphatic hydroxyl groups is 1. The molecule has 0 aromatic heterocycles. The summed E-state index contributed by atoms with van der Waals surface area (Å²) in [7, 11) is 1.62. The summed E-state index contributed by atoms with van der Waals surface area (Å²) in [6.45, 7) is 11.4. The van der Waals surface area contributed by atoms with Crippen LogP contribution in [0.5, 0.6) is 11.5 Å². The molecule has 0 radical (unpaired) electrons. The molecule has 0 fully saturated rings. The Morgan fingerprint density at radius 2 is 1.72 bits per heavy atom. The molecule has 32 heavy (non-hydrogen) atoms. The van der Waals surface area contributed by atoms with E-state index in [2.05, 4.69) is 0 Å². The first-order chi connectivity index (χ1) is 14.9. The number of hydrogen-bond acceptors (Lipinski definition) is 5. The van der Waals surface area contributed by atoms with Crippen LogP contribution in [0.25, 0.3) is 6.08 Å². The van der Waals surface area contributed by atoms with Crippen LogP contribution in [0.4, 0.5) is 0 Å². The summed E-state index contributed by atoms with van der Waals surface area (Å²) in [6.07, 6.45) is 3.66. The van der Waals surface area contributed by atoms with E-state index >= 15 is 0 Å². The molecule has 0 aliphatic rings. The molecule has 2 aromatic carbocycles. The lowest BCUT2D eigenvalue weighted by Gasteiger charge is -2.28. The molecule has 1 N–H and O–H groups in total. The number of carbonyl (C=O) groups excluding carboxylic acids is 1. The standard InChI is InChI=1S/C27H36O5/c1-19(27(5,6)29)17-22-23(30-7)15-13-21(14-16-24(28)32-26(2,3)4)25(22)31-18-20-11-9-8-10-12-20/h8-16,19,29H,17-18H2,1-7H3/b16-14-. The van der Waals surface area contributed by atoms with Crippen LogP contribution in [0.2, 0.25) is 0 Å². The third-order valence-electron chi connectivity index (χ3n) is 5.22. The molecule has 0 amide bonds. The van der Waals surface area contributed by atoms with Crippen LogP contribution in [0.15, 0.2) is 48.5 Å². The zero-order valence-electron chi connectivity index (χ0n) is 20.3. The Bertz CT molecular complexity index is 918. The van der Waals surface area contributed by atoms with E-state index in [4.69, 9.17) is 14.2 Å². The van der Waals surface area contributed by atoms with Gasteiger partial charge in [0, 0.05) is 17.2 Å². The van der Waals surface area contributed by atoms with Crippen molar-refractivity contribution >= 4 is 12.0 Å². The maximum Gasteiger partial charge on any atom is 0.331 e. The molecule has 174 valence electrons. The van der Waals surface area contributed by atoms with Crippen molar-refractivity contribution in [3.05, 3.63) is 65.2 Å². The minimum absolute atomic E-state index is 0.0550. The van der Waals surface area contributed by atoms with Crippen LogP contribution in [0, 0.1) is 5.92 Å². The van der Waals surface area contributed by atoms with E-state index in [1.807, 2.05) is 70.2 Å². The fourth-order valence-electron chi connectivity index (χ4n) is 3.09. The van der Waals surface area contributed by atoms with E-state index in [0.717, 1.165) is 16.7 Å². The molecule has 0 heterocycles. The third-order valence-corrected chi connectivity index (χ3v) is 5.22. The molecule has 0 saturated carbocycles. The van der Waals surface area contributed by atoms with Crippen LogP contribution in [-0.2, 0) is 22.6 Å². The van der Waals surface area contributed by atoms with Gasteiger partial charge < -0.3 is 19.3 Å². The second kappa shape index (κ2) is 10.7. The van der Waals surface area contributed by atoms with Gasteiger partial charge in [0.2, 0.25) is 0 Å². The Morgan fingerprint density at radius 3 is 2.28 bits per heavy atom. The first kappa shape index (κ1) is 25.5. The van der Waals surface area contributed by atoms with Crippen molar-refractivity contribution < 1.29 is 24.1 Å². The molecule has 0 saturated heterocycles. The van der Waals surface area contributed by atoms with E-state index in [9.17, 15) is 9.90 Å². The summed E-state index contributed by atoms with van der Waals surface area (Å²) in [6, 6.07) is 13.6. The molecular weight excluding hydrogens is 404 g/mol. The molecule has 1 unspecified atom stereocenters. The highest BCUT2D eigenvalue weighted by Gasteiger charge is 2.26. The molecule has 5 heteroatoms. The van der Waals surface area contributed by atoms with Gasteiger partial charge in [0.05, 0.1) is 12.7 Å². The first-order valence-corrected chi connectivity index (χ1v) is 10.9. The van der Waals surface area contributed by atoms with E-state index in [1.54, 1.807) is 27.0 Å². The first-order valence-electron chi connectivity index (χ1n) is 10.9. The monoisotopic (exact) mass is 440 g/mol. The Morgan fingerprint density at radius 1 is 1.06 bits per heavy atom. The van der Waals surface area contributed by atoms with Crippen LogP contribution >= 0.6 is 0 Å². The van der Waals surface area contributed by atoms with Crippen molar-refractivity contribution in [2.45, 2.75) is 65.8 Å². The maximum atomic E-state index is 12.2. The molecular formula is C27H36O5. The van der Waals surface area contributed by atoms with Gasteiger partial charge in [0.25, 0.3) is 0 Å². The summed E-state index contributed by atoms with van der Waals surface area (Å²) in [5.41, 5.74) is 1.18. The van der Waals surface area contributed by atoms with Gasteiger partial charge in [-0.3, -0.25) is 0 Å². The lowest BCUT2D eigenvalue weighted by molar-refractivity contribution is -0.148. The van der Waals surface area contributed by atoms with Gasteiger partial charge in [-0.1, -0.05) is 37.3 Å². The predicted octanol–water partition coefficient (Wildman–Crippen LogP) is 5.58. The number of hydrogen-bond donors (Lipinski definition) is 1. The molecule has 0 spiro atoms. The van der Waals surface area contributed by atoms with Crippen LogP contribution < -0.4 is 9.47 Å². The lowest BCUT2D eigenvalue weighted by Crippen LogP contribution is -2.30. The highest BCUT2D eigenvalue weighted by Crippen LogP contribution is 2.37. The van der Waals surface area contributed by atoms with E-state index < -0.39 is 17.2 Å². The zero-order chi connectivity index (χ0) is 23.9. The van der Waals surface area contributed by atoms with Crippen molar-refractivity contribution in [3.63, 3.8) is 0 Å². The van der Waals surface area contributed by atoms with E-state index in [0.29, 0.717) is 24.5 Å². The fourth-order valence-corrected chi connectivity index (χ4v) is 3.09. The highest BCUT2D eigenvalue weighted by atomic mass is 16.6. The van der Waals surface area contributed by atoms with Crippen molar-refractivity contribution in [2.24, 2.45) is 5.92 Å². The summed E-state index contributed by atoms with van der Waals surface area (Å²) in [4.78, 5) is 12.2. The Kier molecular flexibility index (Phi) is 8.51. The molecule has 5 nitrogen and oxygen atoms in total. The van der Waals surface area contributed by atoms with Crippen molar-refractivity contribution in [3.8, 4) is 11.5 Å². The highest BCUT2D eigenvalue weighted by molar-refractivity contribution is 5.88. The number of esters is 1. The number of benzene rings is 2. The van der Waals surface area contributed by atoms with Gasteiger partial charge in [-0.25, -0.2) is 4.79 Å². The number of methoxy groups -OCH3 is 1. The van der Waals surface area contributed by atoms with Gasteiger partial charge in [-0.15, -0.1) is 0 Å². The minimum atomic E-state index is -0.871. The molecule has 2 aromatic rings. The van der Waals surface area contributed by atoms with E-state index in [-0.39, 0.29) is 5.92 Å². The Balaban J connectivity index is 2.46. The lowest BCUT2D eigenvalue weighted by atomic mass is 9.86. The summed E-state index contributed by atoms with van der Waals surface area (Å²) < 4.78 is 17.3. The smallest absolute Gasteiger partial charge is 0.331 e. The Hall–Kier alpha value is -2.79. The average Bonchev–Trinajstić information content (AvgIpc) is 2.70. The van der Waals surface area contributed by atoms with Crippen molar-refractivity contribution in [1.29, 1.82) is 0 Å². The second-order valence-electron chi connectivity index (χ2n) is 9.56. The predicted molar refractivity (Wildman–Crippen MR) is 128 cm³/mol. The second-order valence-corrected chi connectivity index (χ2v) is 9.56. The fraction of sp³-hybridized carbons (Fsp3) is 0.444. The summed E-state index contributed by atoms with van der Waals surface area (Å²) in [5, 5.41) is 10.5. The topological polar surface area (TPSA) is 65.0 Å². The Labute approximate surface area is 192 Å². The molecule has 1 atom stereocenters.